The number of rotatable bonds is 4. The van der Waals surface area contributed by atoms with Crippen molar-refractivity contribution in [3.63, 3.8) is 0 Å². The third-order valence-electron chi connectivity index (χ3n) is 2.51. The number of nitrogens with two attached hydrogens (primary N) is 1. The second-order valence-electron chi connectivity index (χ2n) is 4.87. The minimum Gasteiger partial charge on any atom is -0.350 e. The van der Waals surface area contributed by atoms with Crippen LogP contribution >= 0.6 is 0 Å². The molecule has 0 aromatic rings. The predicted octanol–water partition coefficient (Wildman–Crippen LogP) is 1.38. The molecular weight excluding hydrogens is 202 g/mol. The summed E-state index contributed by atoms with van der Waals surface area (Å²) in [7, 11) is 0. The van der Waals surface area contributed by atoms with Gasteiger partial charge in [0.2, 0.25) is 5.91 Å². The van der Waals surface area contributed by atoms with E-state index in [4.69, 9.17) is 5.73 Å². The second-order valence-corrected chi connectivity index (χ2v) is 4.87. The quantitative estimate of drug-likeness (QED) is 0.755. The minimum absolute atomic E-state index is 0.234. The molecule has 0 radical (unpaired) electrons. The summed E-state index contributed by atoms with van der Waals surface area (Å²) in [6, 6.07) is 0. The fourth-order valence-corrected chi connectivity index (χ4v) is 0.835. The van der Waals surface area contributed by atoms with Gasteiger partial charge in [0.05, 0.1) is 13.1 Å². The van der Waals surface area contributed by atoms with Crippen LogP contribution in [0.3, 0.4) is 0 Å². The van der Waals surface area contributed by atoms with Gasteiger partial charge in [-0.25, -0.2) is 8.78 Å². The Kier molecular flexibility index (Phi) is 4.65. The molecule has 1 atom stereocenters. The van der Waals surface area contributed by atoms with E-state index in [-0.39, 0.29) is 17.2 Å². The Bertz CT molecular complexity index is 224. The highest BCUT2D eigenvalue weighted by atomic mass is 19.3. The van der Waals surface area contributed by atoms with Crippen molar-refractivity contribution in [1.29, 1.82) is 0 Å². The largest absolute Gasteiger partial charge is 0.350 e. The average Bonchev–Trinajstić information content (AvgIpc) is 2.11. The summed E-state index contributed by atoms with van der Waals surface area (Å²) < 4.78 is 25.5. The Balaban J connectivity index is 4.17. The molecule has 0 aromatic carbocycles. The molecule has 0 aliphatic carbocycles. The molecule has 0 bridgehead atoms. The predicted molar refractivity (Wildman–Crippen MR) is 55.6 cm³/mol. The van der Waals surface area contributed by atoms with E-state index in [1.165, 1.54) is 0 Å². The van der Waals surface area contributed by atoms with Crippen LogP contribution in [0, 0.1) is 11.3 Å². The lowest BCUT2D eigenvalue weighted by Gasteiger charge is -2.26. The number of alkyl halides is 2. The van der Waals surface area contributed by atoms with Crippen LogP contribution in [0.15, 0.2) is 0 Å². The maximum atomic E-state index is 12.7. The van der Waals surface area contributed by atoms with Crippen LogP contribution in [0.4, 0.5) is 8.78 Å². The van der Waals surface area contributed by atoms with Gasteiger partial charge in [0.1, 0.15) is 0 Å². The summed E-state index contributed by atoms with van der Waals surface area (Å²) in [6.07, 6.45) is 0. The molecule has 15 heavy (non-hydrogen) atoms. The van der Waals surface area contributed by atoms with Gasteiger partial charge in [-0.3, -0.25) is 4.79 Å². The maximum absolute atomic E-state index is 12.7. The molecule has 0 saturated heterocycles. The molecule has 0 saturated carbocycles. The smallest absolute Gasteiger partial charge is 0.277 e. The number of carbonyl (C=O) groups is 1. The Morgan fingerprint density at radius 1 is 1.40 bits per heavy atom. The Morgan fingerprint density at radius 2 is 1.87 bits per heavy atom. The fourth-order valence-electron chi connectivity index (χ4n) is 0.835. The third kappa shape index (κ3) is 5.06. The van der Waals surface area contributed by atoms with Crippen molar-refractivity contribution in [2.24, 2.45) is 17.1 Å². The normalized spacial score (nSPS) is 14.9. The standard InChI is InChI=1S/C10H20F2N2O/c1-7(9(2,3)4)8(15)14-6-10(11,12)5-13/h7H,5-6,13H2,1-4H3,(H,14,15). The summed E-state index contributed by atoms with van der Waals surface area (Å²) in [5.41, 5.74) is 4.62. The van der Waals surface area contributed by atoms with Gasteiger partial charge in [-0.2, -0.15) is 0 Å². The number of hydrogen-bond donors (Lipinski definition) is 2. The van der Waals surface area contributed by atoms with Gasteiger partial charge in [0, 0.05) is 5.92 Å². The third-order valence-corrected chi connectivity index (χ3v) is 2.51. The zero-order chi connectivity index (χ0) is 12.3. The van der Waals surface area contributed by atoms with E-state index in [1.54, 1.807) is 6.92 Å². The van der Waals surface area contributed by atoms with Gasteiger partial charge >= 0.3 is 0 Å². The summed E-state index contributed by atoms with van der Waals surface area (Å²) in [5.74, 6) is -3.70. The van der Waals surface area contributed by atoms with Crippen molar-refractivity contribution < 1.29 is 13.6 Å². The van der Waals surface area contributed by atoms with E-state index >= 15 is 0 Å². The van der Waals surface area contributed by atoms with E-state index < -0.39 is 19.0 Å². The molecule has 0 rings (SSSR count). The summed E-state index contributed by atoms with van der Waals surface area (Å²) in [4.78, 5) is 11.5. The number of amides is 1. The lowest BCUT2D eigenvalue weighted by Crippen LogP contribution is -2.45. The molecule has 5 heteroatoms. The van der Waals surface area contributed by atoms with Crippen molar-refractivity contribution in [3.05, 3.63) is 0 Å². The van der Waals surface area contributed by atoms with Crippen molar-refractivity contribution in [3.8, 4) is 0 Å². The van der Waals surface area contributed by atoms with Gasteiger partial charge in [-0.15, -0.1) is 0 Å². The Morgan fingerprint density at radius 3 is 2.20 bits per heavy atom. The average molecular weight is 222 g/mol. The molecule has 1 unspecified atom stereocenters. The van der Waals surface area contributed by atoms with Gasteiger partial charge in [-0.1, -0.05) is 27.7 Å². The lowest BCUT2D eigenvalue weighted by molar-refractivity contribution is -0.129. The van der Waals surface area contributed by atoms with Gasteiger partial charge in [-0.05, 0) is 5.41 Å². The monoisotopic (exact) mass is 222 g/mol. The molecule has 0 aliphatic rings. The van der Waals surface area contributed by atoms with E-state index in [0.717, 1.165) is 0 Å². The highest BCUT2D eigenvalue weighted by Gasteiger charge is 2.31. The molecule has 0 fully saturated rings. The molecular formula is C10H20F2N2O. The molecule has 0 heterocycles. The first-order valence-corrected chi connectivity index (χ1v) is 4.96. The topological polar surface area (TPSA) is 55.1 Å². The number of carbonyl (C=O) groups excluding carboxylic acids is 1. The second kappa shape index (κ2) is 4.88. The van der Waals surface area contributed by atoms with Crippen LogP contribution < -0.4 is 11.1 Å². The number of nitrogens with one attached hydrogen (secondary N) is 1. The molecule has 90 valence electrons. The first-order valence-electron chi connectivity index (χ1n) is 4.96. The highest BCUT2D eigenvalue weighted by molar-refractivity contribution is 5.79. The van der Waals surface area contributed by atoms with Gasteiger partial charge < -0.3 is 11.1 Å². The van der Waals surface area contributed by atoms with E-state index in [1.807, 2.05) is 20.8 Å². The van der Waals surface area contributed by atoms with Crippen LogP contribution in [0.5, 0.6) is 0 Å². The van der Waals surface area contributed by atoms with E-state index in [0.29, 0.717) is 0 Å². The van der Waals surface area contributed by atoms with E-state index in [2.05, 4.69) is 5.32 Å². The fraction of sp³-hybridized carbons (Fsp3) is 0.900. The molecule has 0 spiro atoms. The summed E-state index contributed by atoms with van der Waals surface area (Å²) in [5, 5.41) is 2.21. The highest BCUT2D eigenvalue weighted by Crippen LogP contribution is 2.25. The maximum Gasteiger partial charge on any atom is 0.277 e. The molecule has 1 amide bonds. The molecule has 0 aromatic heterocycles. The zero-order valence-corrected chi connectivity index (χ0v) is 9.73. The van der Waals surface area contributed by atoms with Crippen LogP contribution in [0.1, 0.15) is 27.7 Å². The van der Waals surface area contributed by atoms with Crippen molar-refractivity contribution in [2.45, 2.75) is 33.6 Å². The number of halogens is 2. The molecule has 3 nitrogen and oxygen atoms in total. The summed E-state index contributed by atoms with van der Waals surface area (Å²) >= 11 is 0. The molecule has 0 aliphatic heterocycles. The van der Waals surface area contributed by atoms with Crippen molar-refractivity contribution in [1.82, 2.24) is 5.32 Å². The van der Waals surface area contributed by atoms with Crippen LogP contribution in [0.25, 0.3) is 0 Å². The Labute approximate surface area is 89.4 Å². The van der Waals surface area contributed by atoms with Gasteiger partial charge in [0.25, 0.3) is 5.92 Å². The summed E-state index contributed by atoms with van der Waals surface area (Å²) in [6.45, 7) is 5.94. The van der Waals surface area contributed by atoms with Crippen LogP contribution in [0.2, 0.25) is 0 Å². The Hall–Kier alpha value is -0.710. The molecule has 3 N–H and O–H groups in total. The van der Waals surface area contributed by atoms with Crippen LogP contribution in [-0.2, 0) is 4.79 Å². The minimum atomic E-state index is -3.02. The van der Waals surface area contributed by atoms with Gasteiger partial charge in [0.15, 0.2) is 0 Å². The SMILES string of the molecule is CC(C(=O)NCC(F)(F)CN)C(C)(C)C. The zero-order valence-electron chi connectivity index (χ0n) is 9.73. The first kappa shape index (κ1) is 14.3. The van der Waals surface area contributed by atoms with Crippen LogP contribution in [-0.4, -0.2) is 24.9 Å². The van der Waals surface area contributed by atoms with Crippen molar-refractivity contribution >= 4 is 5.91 Å². The van der Waals surface area contributed by atoms with Crippen molar-refractivity contribution in [2.75, 3.05) is 13.1 Å². The number of hydrogen-bond acceptors (Lipinski definition) is 2. The lowest BCUT2D eigenvalue weighted by atomic mass is 9.81. The first-order chi connectivity index (χ1) is 6.60. The van der Waals surface area contributed by atoms with E-state index in [9.17, 15) is 13.6 Å².